The maximum absolute atomic E-state index is 12.1. The molecule has 0 aromatic heterocycles. The molecule has 0 bridgehead atoms. The summed E-state index contributed by atoms with van der Waals surface area (Å²) in [6.45, 7) is 5.10. The first-order chi connectivity index (χ1) is 10.9. The van der Waals surface area contributed by atoms with E-state index in [0.717, 1.165) is 5.56 Å². The Kier molecular flexibility index (Phi) is 5.01. The summed E-state index contributed by atoms with van der Waals surface area (Å²) in [5.74, 6) is -1.06. The number of rotatable bonds is 4. The molecule has 2 aromatic carbocycles. The van der Waals surface area contributed by atoms with Crippen LogP contribution in [0.1, 0.15) is 28.4 Å². The fourth-order valence-corrected chi connectivity index (χ4v) is 1.97. The molecule has 0 saturated heterocycles. The van der Waals surface area contributed by atoms with E-state index < -0.39 is 18.0 Å². The monoisotopic (exact) mass is 313 g/mol. The molecule has 2 aromatic rings. The fourth-order valence-electron chi connectivity index (χ4n) is 1.97. The Bertz CT molecular complexity index is 740. The molecule has 0 unspecified atom stereocenters. The summed E-state index contributed by atoms with van der Waals surface area (Å²) in [5, 5.41) is 12.4. The molecule has 0 saturated carbocycles. The number of phenols is 1. The van der Waals surface area contributed by atoms with Crippen molar-refractivity contribution < 1.29 is 19.4 Å². The number of aromatic hydroxyl groups is 1. The highest BCUT2D eigenvalue weighted by molar-refractivity contribution is 5.97. The van der Waals surface area contributed by atoms with Gasteiger partial charge in [0.1, 0.15) is 5.75 Å². The molecule has 0 fully saturated rings. The number of carbonyl (C=O) groups excluding carboxylic acids is 2. The number of nitrogens with one attached hydrogen (secondary N) is 1. The van der Waals surface area contributed by atoms with Gasteiger partial charge >= 0.3 is 5.97 Å². The second-order valence-electron chi connectivity index (χ2n) is 5.35. The molecule has 2 rings (SSSR count). The number of hydrogen-bond donors (Lipinski definition) is 2. The van der Waals surface area contributed by atoms with Crippen LogP contribution in [0.2, 0.25) is 0 Å². The zero-order valence-corrected chi connectivity index (χ0v) is 13.3. The highest BCUT2D eigenvalue weighted by Crippen LogP contribution is 2.19. The first kappa shape index (κ1) is 16.5. The Labute approximate surface area is 134 Å². The molecule has 0 spiro atoms. The lowest BCUT2D eigenvalue weighted by Gasteiger charge is -2.15. The van der Waals surface area contributed by atoms with Gasteiger partial charge in [-0.25, -0.2) is 4.79 Å². The molecule has 0 aliphatic carbocycles. The van der Waals surface area contributed by atoms with Crippen LogP contribution >= 0.6 is 0 Å². The topological polar surface area (TPSA) is 75.6 Å². The smallest absolute Gasteiger partial charge is 0.339 e. The van der Waals surface area contributed by atoms with Gasteiger partial charge in [-0.3, -0.25) is 4.79 Å². The van der Waals surface area contributed by atoms with Gasteiger partial charge < -0.3 is 15.2 Å². The summed E-state index contributed by atoms with van der Waals surface area (Å²) >= 11 is 0. The van der Waals surface area contributed by atoms with Crippen molar-refractivity contribution in [3.05, 3.63) is 59.2 Å². The van der Waals surface area contributed by atoms with Crippen molar-refractivity contribution in [2.75, 3.05) is 5.32 Å². The minimum Gasteiger partial charge on any atom is -0.508 e. The third-order valence-electron chi connectivity index (χ3n) is 3.50. The first-order valence-corrected chi connectivity index (χ1v) is 7.25. The van der Waals surface area contributed by atoms with Gasteiger partial charge in [0, 0.05) is 5.69 Å². The lowest BCUT2D eigenvalue weighted by atomic mass is 10.1. The van der Waals surface area contributed by atoms with Crippen LogP contribution in [0.15, 0.2) is 42.5 Å². The molecule has 5 nitrogen and oxygen atoms in total. The molecule has 120 valence electrons. The number of anilines is 1. The molecule has 0 radical (unpaired) electrons. The standard InChI is InChI=1S/C18H19NO4/c1-11-6-4-5-7-15(11)19-17(21)13(3)23-18(22)14-9-8-12(2)16(20)10-14/h4-10,13,20H,1-3H3,(H,19,21)/t13-/m1/s1. The molecular formula is C18H19NO4. The van der Waals surface area contributed by atoms with Gasteiger partial charge in [0.05, 0.1) is 5.56 Å². The number of hydrogen-bond acceptors (Lipinski definition) is 4. The fraction of sp³-hybridized carbons (Fsp3) is 0.222. The van der Waals surface area contributed by atoms with Crippen LogP contribution in [0.25, 0.3) is 0 Å². The van der Waals surface area contributed by atoms with Crippen LogP contribution < -0.4 is 5.32 Å². The Hall–Kier alpha value is -2.82. The number of ether oxygens (including phenoxy) is 1. The van der Waals surface area contributed by atoms with E-state index in [4.69, 9.17) is 4.74 Å². The molecule has 1 amide bonds. The average molecular weight is 313 g/mol. The van der Waals surface area contributed by atoms with Gasteiger partial charge in [0.15, 0.2) is 6.10 Å². The van der Waals surface area contributed by atoms with Crippen LogP contribution in [0.3, 0.4) is 0 Å². The van der Waals surface area contributed by atoms with E-state index in [1.165, 1.54) is 13.0 Å². The number of benzene rings is 2. The maximum Gasteiger partial charge on any atom is 0.339 e. The molecule has 0 aliphatic heterocycles. The predicted octanol–water partition coefficient (Wildman–Crippen LogP) is 3.19. The summed E-state index contributed by atoms with van der Waals surface area (Å²) in [7, 11) is 0. The number of esters is 1. The van der Waals surface area contributed by atoms with E-state index in [9.17, 15) is 14.7 Å². The quantitative estimate of drug-likeness (QED) is 0.850. The van der Waals surface area contributed by atoms with E-state index in [1.807, 2.05) is 25.1 Å². The zero-order chi connectivity index (χ0) is 17.0. The van der Waals surface area contributed by atoms with Gasteiger partial charge in [-0.15, -0.1) is 0 Å². The predicted molar refractivity (Wildman–Crippen MR) is 87.5 cm³/mol. The van der Waals surface area contributed by atoms with E-state index in [2.05, 4.69) is 5.32 Å². The van der Waals surface area contributed by atoms with Crippen molar-refractivity contribution in [2.24, 2.45) is 0 Å². The van der Waals surface area contributed by atoms with E-state index in [0.29, 0.717) is 11.3 Å². The molecule has 0 aliphatic rings. The van der Waals surface area contributed by atoms with Crippen molar-refractivity contribution in [3.8, 4) is 5.75 Å². The van der Waals surface area contributed by atoms with Gasteiger partial charge in [0.25, 0.3) is 5.91 Å². The SMILES string of the molecule is Cc1ccc(C(=O)O[C@H](C)C(=O)Nc2ccccc2C)cc1O. The van der Waals surface area contributed by atoms with E-state index >= 15 is 0 Å². The zero-order valence-electron chi connectivity index (χ0n) is 13.3. The number of phenolic OH excluding ortho intramolecular Hbond substituents is 1. The number of para-hydroxylation sites is 1. The lowest BCUT2D eigenvalue weighted by molar-refractivity contribution is -0.123. The molecule has 2 N–H and O–H groups in total. The van der Waals surface area contributed by atoms with Crippen molar-refractivity contribution in [1.82, 2.24) is 0 Å². The molecular weight excluding hydrogens is 294 g/mol. The maximum atomic E-state index is 12.1. The summed E-state index contributed by atoms with van der Waals surface area (Å²) in [5.41, 5.74) is 2.45. The van der Waals surface area contributed by atoms with Crippen LogP contribution in [0.5, 0.6) is 5.75 Å². The molecule has 1 atom stereocenters. The second-order valence-corrected chi connectivity index (χ2v) is 5.35. The van der Waals surface area contributed by atoms with Gasteiger partial charge in [-0.1, -0.05) is 24.3 Å². The van der Waals surface area contributed by atoms with Crippen molar-refractivity contribution in [2.45, 2.75) is 26.9 Å². The highest BCUT2D eigenvalue weighted by atomic mass is 16.5. The van der Waals surface area contributed by atoms with Gasteiger partial charge in [0.2, 0.25) is 0 Å². The van der Waals surface area contributed by atoms with Crippen molar-refractivity contribution in [3.63, 3.8) is 0 Å². The van der Waals surface area contributed by atoms with Crippen LogP contribution in [0.4, 0.5) is 5.69 Å². The normalized spacial score (nSPS) is 11.6. The lowest BCUT2D eigenvalue weighted by Crippen LogP contribution is -2.30. The van der Waals surface area contributed by atoms with Crippen molar-refractivity contribution >= 4 is 17.6 Å². The first-order valence-electron chi connectivity index (χ1n) is 7.25. The average Bonchev–Trinajstić information content (AvgIpc) is 2.52. The molecule has 23 heavy (non-hydrogen) atoms. The Morgan fingerprint density at radius 3 is 2.43 bits per heavy atom. The summed E-state index contributed by atoms with van der Waals surface area (Å²) in [4.78, 5) is 24.1. The molecule has 5 heteroatoms. The van der Waals surface area contributed by atoms with Crippen LogP contribution in [0, 0.1) is 13.8 Å². The third-order valence-corrected chi connectivity index (χ3v) is 3.50. The van der Waals surface area contributed by atoms with E-state index in [-0.39, 0.29) is 11.3 Å². The highest BCUT2D eigenvalue weighted by Gasteiger charge is 2.20. The van der Waals surface area contributed by atoms with Crippen LogP contribution in [-0.2, 0) is 9.53 Å². The largest absolute Gasteiger partial charge is 0.508 e. The summed E-state index contributed by atoms with van der Waals surface area (Å²) in [6.07, 6.45) is -0.953. The Morgan fingerprint density at radius 1 is 1.09 bits per heavy atom. The number of aryl methyl sites for hydroxylation is 2. The van der Waals surface area contributed by atoms with E-state index in [1.54, 1.807) is 25.1 Å². The Morgan fingerprint density at radius 2 is 1.78 bits per heavy atom. The minimum atomic E-state index is -0.953. The van der Waals surface area contributed by atoms with Gasteiger partial charge in [-0.2, -0.15) is 0 Å². The molecule has 0 heterocycles. The second kappa shape index (κ2) is 6.96. The van der Waals surface area contributed by atoms with Crippen molar-refractivity contribution in [1.29, 1.82) is 0 Å². The Balaban J connectivity index is 2.01. The van der Waals surface area contributed by atoms with Gasteiger partial charge in [-0.05, 0) is 50.1 Å². The number of carbonyl (C=O) groups is 2. The summed E-state index contributed by atoms with van der Waals surface area (Å²) < 4.78 is 5.14. The third kappa shape index (κ3) is 4.10. The van der Waals surface area contributed by atoms with Crippen LogP contribution in [-0.4, -0.2) is 23.1 Å². The summed E-state index contributed by atoms with van der Waals surface area (Å²) in [6, 6.07) is 11.8. The number of amides is 1. The minimum absolute atomic E-state index is 0.0106.